The monoisotopic (exact) mass is 330 g/mol. The number of halogens is 3. The molecule has 23 heavy (non-hydrogen) atoms. The minimum absolute atomic E-state index is 0.218. The molecule has 7 heteroatoms. The molecule has 1 saturated heterocycles. The van der Waals surface area contributed by atoms with Crippen molar-refractivity contribution in [1.29, 1.82) is 0 Å². The Balaban J connectivity index is 1.84. The predicted octanol–water partition coefficient (Wildman–Crippen LogP) is 4.63. The van der Waals surface area contributed by atoms with Crippen molar-refractivity contribution >= 4 is 11.7 Å². The van der Waals surface area contributed by atoms with Crippen LogP contribution in [-0.2, 0) is 0 Å². The molecule has 128 valence electrons. The van der Waals surface area contributed by atoms with E-state index in [2.05, 4.69) is 17.0 Å². The molecule has 1 N–H and O–H groups in total. The minimum Gasteiger partial charge on any atom is -0.406 e. The van der Waals surface area contributed by atoms with Crippen molar-refractivity contribution in [3.8, 4) is 5.75 Å². The normalized spacial score (nSPS) is 16.3. The van der Waals surface area contributed by atoms with Gasteiger partial charge in [0.25, 0.3) is 0 Å². The molecule has 0 unspecified atom stereocenters. The fourth-order valence-corrected chi connectivity index (χ4v) is 2.78. The summed E-state index contributed by atoms with van der Waals surface area (Å²) in [6.07, 6.45) is -0.369. The number of amides is 2. The Morgan fingerprint density at radius 3 is 2.39 bits per heavy atom. The number of anilines is 1. The van der Waals surface area contributed by atoms with E-state index in [1.165, 1.54) is 30.7 Å². The second kappa shape index (κ2) is 7.57. The molecule has 2 amide bonds. The SMILES string of the molecule is CCCC1CCN(C(=O)Nc2ccc(OC(F)(F)F)cc2)CC1. The standard InChI is InChI=1S/C16H21F3N2O2/c1-2-3-12-8-10-21(11-9-12)15(22)20-13-4-6-14(7-5-13)23-16(17,18)19/h4-7,12H,2-3,8-11H2,1H3,(H,20,22). The largest absolute Gasteiger partial charge is 0.573 e. The summed E-state index contributed by atoms with van der Waals surface area (Å²) in [5.74, 6) is 0.374. The van der Waals surface area contributed by atoms with E-state index >= 15 is 0 Å². The molecule has 1 aromatic rings. The van der Waals surface area contributed by atoms with Gasteiger partial charge < -0.3 is 15.0 Å². The van der Waals surface area contributed by atoms with E-state index in [0.717, 1.165) is 19.3 Å². The summed E-state index contributed by atoms with van der Waals surface area (Å²) in [6, 6.07) is 4.92. The van der Waals surface area contributed by atoms with Crippen LogP contribution in [0.3, 0.4) is 0 Å². The number of benzene rings is 1. The first kappa shape index (κ1) is 17.4. The molecule has 1 aliphatic heterocycles. The highest BCUT2D eigenvalue weighted by Crippen LogP contribution is 2.25. The van der Waals surface area contributed by atoms with Gasteiger partial charge in [0.15, 0.2) is 0 Å². The molecule has 1 heterocycles. The molecule has 0 aromatic heterocycles. The van der Waals surface area contributed by atoms with E-state index in [4.69, 9.17) is 0 Å². The van der Waals surface area contributed by atoms with Gasteiger partial charge in [0.2, 0.25) is 0 Å². The predicted molar refractivity (Wildman–Crippen MR) is 81.3 cm³/mol. The maximum absolute atomic E-state index is 12.1. The molecule has 0 spiro atoms. The Kier molecular flexibility index (Phi) is 5.74. The van der Waals surface area contributed by atoms with Crippen LogP contribution in [0.4, 0.5) is 23.7 Å². The number of hydrogen-bond donors (Lipinski definition) is 1. The summed E-state index contributed by atoms with van der Waals surface area (Å²) in [7, 11) is 0. The molecule has 2 rings (SSSR count). The first-order valence-corrected chi connectivity index (χ1v) is 7.79. The third-order valence-corrected chi connectivity index (χ3v) is 3.94. The lowest BCUT2D eigenvalue weighted by Gasteiger charge is -2.31. The van der Waals surface area contributed by atoms with E-state index in [-0.39, 0.29) is 11.8 Å². The lowest BCUT2D eigenvalue weighted by Crippen LogP contribution is -2.41. The van der Waals surface area contributed by atoms with E-state index in [1.54, 1.807) is 4.90 Å². The van der Waals surface area contributed by atoms with Crippen molar-refractivity contribution in [2.24, 2.45) is 5.92 Å². The molecule has 0 aliphatic carbocycles. The highest BCUT2D eigenvalue weighted by atomic mass is 19.4. The Morgan fingerprint density at radius 1 is 1.26 bits per heavy atom. The average Bonchev–Trinajstić information content (AvgIpc) is 2.49. The van der Waals surface area contributed by atoms with E-state index in [9.17, 15) is 18.0 Å². The first-order valence-electron chi connectivity index (χ1n) is 7.79. The first-order chi connectivity index (χ1) is 10.9. The van der Waals surface area contributed by atoms with Crippen molar-refractivity contribution < 1.29 is 22.7 Å². The number of nitrogens with one attached hydrogen (secondary N) is 1. The Hall–Kier alpha value is -1.92. The van der Waals surface area contributed by atoms with Gasteiger partial charge in [-0.1, -0.05) is 19.8 Å². The third-order valence-electron chi connectivity index (χ3n) is 3.94. The number of alkyl halides is 3. The summed E-state index contributed by atoms with van der Waals surface area (Å²) in [4.78, 5) is 13.9. The summed E-state index contributed by atoms with van der Waals surface area (Å²) in [6.45, 7) is 3.59. The van der Waals surface area contributed by atoms with Gasteiger partial charge in [-0.25, -0.2) is 4.79 Å². The lowest BCUT2D eigenvalue weighted by molar-refractivity contribution is -0.274. The van der Waals surface area contributed by atoms with Crippen LogP contribution in [0.5, 0.6) is 5.75 Å². The van der Waals surface area contributed by atoms with Gasteiger partial charge in [-0.05, 0) is 43.0 Å². The molecule has 0 radical (unpaired) electrons. The summed E-state index contributed by atoms with van der Waals surface area (Å²) >= 11 is 0. The van der Waals surface area contributed by atoms with Crippen molar-refractivity contribution in [2.45, 2.75) is 39.0 Å². The van der Waals surface area contributed by atoms with Gasteiger partial charge in [0, 0.05) is 18.8 Å². The van der Waals surface area contributed by atoms with Gasteiger partial charge in [-0.2, -0.15) is 0 Å². The van der Waals surface area contributed by atoms with Gasteiger partial charge in [-0.15, -0.1) is 13.2 Å². The molecule has 0 saturated carbocycles. The number of likely N-dealkylation sites (tertiary alicyclic amines) is 1. The minimum atomic E-state index is -4.71. The summed E-state index contributed by atoms with van der Waals surface area (Å²) in [5, 5.41) is 2.70. The van der Waals surface area contributed by atoms with E-state index in [0.29, 0.717) is 24.7 Å². The molecule has 0 atom stereocenters. The number of ether oxygens (including phenoxy) is 1. The zero-order valence-corrected chi connectivity index (χ0v) is 13.0. The number of nitrogens with zero attached hydrogens (tertiary/aromatic N) is 1. The smallest absolute Gasteiger partial charge is 0.406 e. The molecular formula is C16H21F3N2O2. The Labute approximate surface area is 133 Å². The van der Waals surface area contributed by atoms with Crippen molar-refractivity contribution in [3.05, 3.63) is 24.3 Å². The van der Waals surface area contributed by atoms with Gasteiger partial charge >= 0.3 is 12.4 Å². The quantitative estimate of drug-likeness (QED) is 0.874. The maximum Gasteiger partial charge on any atom is 0.573 e. The lowest BCUT2D eigenvalue weighted by atomic mass is 9.93. The fraction of sp³-hybridized carbons (Fsp3) is 0.562. The van der Waals surface area contributed by atoms with E-state index < -0.39 is 6.36 Å². The molecular weight excluding hydrogens is 309 g/mol. The van der Waals surface area contributed by atoms with E-state index in [1.807, 2.05) is 0 Å². The van der Waals surface area contributed by atoms with Gasteiger partial charge in [0.1, 0.15) is 5.75 Å². The van der Waals surface area contributed by atoms with Gasteiger partial charge in [-0.3, -0.25) is 0 Å². The number of hydrogen-bond acceptors (Lipinski definition) is 2. The number of piperidine rings is 1. The van der Waals surface area contributed by atoms with Crippen molar-refractivity contribution in [3.63, 3.8) is 0 Å². The molecule has 1 aliphatic rings. The van der Waals surface area contributed by atoms with Crippen LogP contribution in [0.15, 0.2) is 24.3 Å². The van der Waals surface area contributed by atoms with Gasteiger partial charge in [0.05, 0.1) is 0 Å². The van der Waals surface area contributed by atoms with Crippen LogP contribution < -0.4 is 10.1 Å². The second-order valence-corrected chi connectivity index (χ2v) is 5.72. The zero-order chi connectivity index (χ0) is 16.9. The van der Waals surface area contributed by atoms with Crippen LogP contribution in [0.1, 0.15) is 32.6 Å². The highest BCUT2D eigenvalue weighted by molar-refractivity contribution is 5.89. The Morgan fingerprint density at radius 2 is 1.87 bits per heavy atom. The Bertz CT molecular complexity index is 509. The third kappa shape index (κ3) is 5.65. The van der Waals surface area contributed by atoms with Crippen LogP contribution in [0.2, 0.25) is 0 Å². The molecule has 1 fully saturated rings. The van der Waals surface area contributed by atoms with Crippen molar-refractivity contribution in [2.75, 3.05) is 18.4 Å². The summed E-state index contributed by atoms with van der Waals surface area (Å²) in [5.41, 5.74) is 0.445. The highest BCUT2D eigenvalue weighted by Gasteiger charge is 2.31. The van der Waals surface area contributed by atoms with Crippen LogP contribution in [0.25, 0.3) is 0 Å². The van der Waals surface area contributed by atoms with Crippen LogP contribution in [0, 0.1) is 5.92 Å². The number of rotatable bonds is 4. The second-order valence-electron chi connectivity index (χ2n) is 5.72. The van der Waals surface area contributed by atoms with Crippen molar-refractivity contribution in [1.82, 2.24) is 4.90 Å². The number of carbonyl (C=O) groups is 1. The zero-order valence-electron chi connectivity index (χ0n) is 13.0. The van der Waals surface area contributed by atoms with Crippen LogP contribution in [-0.4, -0.2) is 30.4 Å². The molecule has 1 aromatic carbocycles. The maximum atomic E-state index is 12.1. The number of urea groups is 1. The average molecular weight is 330 g/mol. The topological polar surface area (TPSA) is 41.6 Å². The number of carbonyl (C=O) groups excluding carboxylic acids is 1. The fourth-order valence-electron chi connectivity index (χ4n) is 2.78. The molecule has 0 bridgehead atoms. The van der Waals surface area contributed by atoms with Crippen LogP contribution >= 0.6 is 0 Å². The molecule has 4 nitrogen and oxygen atoms in total. The summed E-state index contributed by atoms with van der Waals surface area (Å²) < 4.78 is 40.0.